The Morgan fingerprint density at radius 3 is 2.92 bits per heavy atom. The zero-order valence-electron chi connectivity index (χ0n) is 13.8. The third-order valence-corrected chi connectivity index (χ3v) is 5.32. The van der Waals surface area contributed by atoms with E-state index in [4.69, 9.17) is 0 Å². The van der Waals surface area contributed by atoms with Gasteiger partial charge in [0.1, 0.15) is 0 Å². The molecule has 1 atom stereocenters. The predicted molar refractivity (Wildman–Crippen MR) is 101 cm³/mol. The van der Waals surface area contributed by atoms with Gasteiger partial charge in [0.2, 0.25) is 5.95 Å². The van der Waals surface area contributed by atoms with Crippen molar-refractivity contribution in [2.24, 2.45) is 0 Å². The van der Waals surface area contributed by atoms with Crippen molar-refractivity contribution in [1.82, 2.24) is 15.3 Å². The van der Waals surface area contributed by atoms with Crippen LogP contribution in [0.4, 0.5) is 4.39 Å². The van der Waals surface area contributed by atoms with Crippen LogP contribution in [0.3, 0.4) is 0 Å². The molecule has 4 rings (SSSR count). The van der Waals surface area contributed by atoms with Gasteiger partial charge in [0.25, 0.3) is 5.91 Å². The van der Waals surface area contributed by atoms with E-state index in [2.05, 4.69) is 27.4 Å². The minimum absolute atomic E-state index is 0.0155. The van der Waals surface area contributed by atoms with Crippen molar-refractivity contribution in [2.75, 3.05) is 6.54 Å². The van der Waals surface area contributed by atoms with Crippen molar-refractivity contribution in [3.8, 4) is 0 Å². The molecule has 4 aromatic rings. The van der Waals surface area contributed by atoms with Crippen LogP contribution in [0.2, 0.25) is 0 Å². The van der Waals surface area contributed by atoms with E-state index in [9.17, 15) is 9.18 Å². The average molecular weight is 365 g/mol. The summed E-state index contributed by atoms with van der Waals surface area (Å²) in [5.41, 5.74) is 2.46. The molecule has 26 heavy (non-hydrogen) atoms. The second kappa shape index (κ2) is 7.09. The van der Waals surface area contributed by atoms with Crippen molar-refractivity contribution in [2.45, 2.75) is 5.92 Å². The number of carbonyl (C=O) groups is 1. The molecule has 0 bridgehead atoms. The van der Waals surface area contributed by atoms with Crippen molar-refractivity contribution < 1.29 is 9.18 Å². The normalized spacial score (nSPS) is 12.2. The summed E-state index contributed by atoms with van der Waals surface area (Å²) in [6.45, 7) is 0.422. The van der Waals surface area contributed by atoms with Crippen LogP contribution in [-0.4, -0.2) is 22.4 Å². The van der Waals surface area contributed by atoms with Crippen molar-refractivity contribution in [3.05, 3.63) is 88.3 Å². The highest BCUT2D eigenvalue weighted by Crippen LogP contribution is 2.32. The quantitative estimate of drug-likeness (QED) is 0.517. The zero-order chi connectivity index (χ0) is 17.9. The molecule has 0 radical (unpaired) electrons. The fraction of sp³-hybridized carbons (Fsp3) is 0.100. The number of carbonyl (C=O) groups excluding carboxylic acids is 1. The molecule has 2 N–H and O–H groups in total. The van der Waals surface area contributed by atoms with Gasteiger partial charge >= 0.3 is 0 Å². The van der Waals surface area contributed by atoms with E-state index in [0.717, 1.165) is 27.4 Å². The lowest BCUT2D eigenvalue weighted by molar-refractivity contribution is 0.0952. The van der Waals surface area contributed by atoms with Crippen LogP contribution in [0.15, 0.2) is 66.3 Å². The van der Waals surface area contributed by atoms with Crippen molar-refractivity contribution >= 4 is 28.1 Å². The fourth-order valence-corrected chi connectivity index (χ4v) is 3.92. The summed E-state index contributed by atoms with van der Waals surface area (Å²) >= 11 is 1.65. The summed E-state index contributed by atoms with van der Waals surface area (Å²) in [7, 11) is 0. The van der Waals surface area contributed by atoms with E-state index in [1.165, 1.54) is 12.3 Å². The maximum Gasteiger partial charge on any atom is 0.251 e. The summed E-state index contributed by atoms with van der Waals surface area (Å²) in [5.74, 6) is -0.960. The van der Waals surface area contributed by atoms with E-state index < -0.39 is 5.95 Å². The highest BCUT2D eigenvalue weighted by atomic mass is 32.1. The molecule has 4 nitrogen and oxygen atoms in total. The molecule has 0 saturated heterocycles. The highest BCUT2D eigenvalue weighted by molar-refractivity contribution is 7.10. The van der Waals surface area contributed by atoms with Crippen LogP contribution in [0.25, 0.3) is 10.9 Å². The van der Waals surface area contributed by atoms with Gasteiger partial charge in [-0.2, -0.15) is 4.39 Å². The molecule has 0 fully saturated rings. The van der Waals surface area contributed by atoms with Gasteiger partial charge in [-0.15, -0.1) is 11.3 Å². The monoisotopic (exact) mass is 365 g/mol. The van der Waals surface area contributed by atoms with Gasteiger partial charge in [-0.1, -0.05) is 24.3 Å². The first kappa shape index (κ1) is 16.5. The Morgan fingerprint density at radius 1 is 1.23 bits per heavy atom. The number of hydrogen-bond donors (Lipinski definition) is 2. The van der Waals surface area contributed by atoms with Crippen molar-refractivity contribution in [3.63, 3.8) is 0 Å². The summed E-state index contributed by atoms with van der Waals surface area (Å²) in [4.78, 5) is 20.3. The van der Waals surface area contributed by atoms with E-state index in [0.29, 0.717) is 6.54 Å². The third-order valence-electron chi connectivity index (χ3n) is 4.34. The number of fused-ring (bicyclic) bond motifs is 1. The van der Waals surface area contributed by atoms with Crippen LogP contribution in [0.5, 0.6) is 0 Å². The maximum atomic E-state index is 13.3. The van der Waals surface area contributed by atoms with Crippen LogP contribution in [0.1, 0.15) is 26.7 Å². The number of nitrogens with zero attached hydrogens (tertiary/aromatic N) is 1. The molecular weight excluding hydrogens is 349 g/mol. The van der Waals surface area contributed by atoms with E-state index >= 15 is 0 Å². The minimum atomic E-state index is -0.663. The number of pyridine rings is 1. The summed E-state index contributed by atoms with van der Waals surface area (Å²) < 4.78 is 13.3. The van der Waals surface area contributed by atoms with Crippen LogP contribution in [0, 0.1) is 5.95 Å². The minimum Gasteiger partial charge on any atom is -0.361 e. The molecule has 6 heteroatoms. The van der Waals surface area contributed by atoms with Gasteiger partial charge in [-0.05, 0) is 29.1 Å². The van der Waals surface area contributed by atoms with Gasteiger partial charge < -0.3 is 10.3 Å². The predicted octanol–water partition coefficient (Wildman–Crippen LogP) is 4.33. The third kappa shape index (κ3) is 3.23. The average Bonchev–Trinajstić information content (AvgIpc) is 3.32. The summed E-state index contributed by atoms with van der Waals surface area (Å²) in [6, 6.07) is 14.8. The van der Waals surface area contributed by atoms with Crippen molar-refractivity contribution in [1.29, 1.82) is 0 Å². The molecule has 3 aromatic heterocycles. The Morgan fingerprint density at radius 2 is 2.12 bits per heavy atom. The van der Waals surface area contributed by atoms with Gasteiger partial charge in [0, 0.05) is 52.3 Å². The Kier molecular flexibility index (Phi) is 4.50. The molecule has 1 aromatic carbocycles. The maximum absolute atomic E-state index is 13.3. The molecule has 0 aliphatic carbocycles. The number of thiophene rings is 1. The Bertz CT molecular complexity index is 1040. The molecule has 0 aliphatic heterocycles. The van der Waals surface area contributed by atoms with E-state index in [-0.39, 0.29) is 17.4 Å². The number of rotatable bonds is 5. The number of hydrogen-bond acceptors (Lipinski definition) is 3. The zero-order valence-corrected chi connectivity index (χ0v) is 14.6. The topological polar surface area (TPSA) is 57.8 Å². The molecule has 0 aliphatic rings. The number of aromatic nitrogens is 2. The number of para-hydroxylation sites is 1. The number of aromatic amines is 1. The van der Waals surface area contributed by atoms with Crippen LogP contribution >= 0.6 is 11.3 Å². The number of halogens is 1. The standard InChI is InChI=1S/C20H16FN3OS/c21-19-10-13(7-8-22-19)20(25)24-12-16(18-6-3-9-26-18)15-11-23-17-5-2-1-4-14(15)17/h1-11,16,23H,12H2,(H,24,25). The number of nitrogens with one attached hydrogen (secondary N) is 2. The first-order chi connectivity index (χ1) is 12.7. The first-order valence-electron chi connectivity index (χ1n) is 8.21. The number of amides is 1. The Labute approximate surface area is 153 Å². The highest BCUT2D eigenvalue weighted by Gasteiger charge is 2.20. The molecule has 0 saturated carbocycles. The molecule has 0 spiro atoms. The molecule has 130 valence electrons. The second-order valence-corrected chi connectivity index (χ2v) is 6.91. The van der Waals surface area contributed by atoms with Gasteiger partial charge in [0.15, 0.2) is 0 Å². The molecule has 1 unspecified atom stereocenters. The Balaban J connectivity index is 1.62. The van der Waals surface area contributed by atoms with Crippen LogP contribution in [-0.2, 0) is 0 Å². The molecular formula is C20H16FN3OS. The SMILES string of the molecule is O=C(NCC(c1cccs1)c1c[nH]c2ccccc12)c1ccnc(F)c1. The molecule has 3 heterocycles. The van der Waals surface area contributed by atoms with E-state index in [1.807, 2.05) is 35.8 Å². The smallest absolute Gasteiger partial charge is 0.251 e. The lowest BCUT2D eigenvalue weighted by atomic mass is 9.96. The second-order valence-electron chi connectivity index (χ2n) is 5.93. The summed E-state index contributed by atoms with van der Waals surface area (Å²) in [6.07, 6.45) is 3.29. The number of benzene rings is 1. The Hall–Kier alpha value is -2.99. The van der Waals surface area contributed by atoms with E-state index in [1.54, 1.807) is 11.3 Å². The van der Waals surface area contributed by atoms with Gasteiger partial charge in [0.05, 0.1) is 0 Å². The van der Waals surface area contributed by atoms with Crippen LogP contribution < -0.4 is 5.32 Å². The largest absolute Gasteiger partial charge is 0.361 e. The lowest BCUT2D eigenvalue weighted by Crippen LogP contribution is -2.28. The molecule has 1 amide bonds. The van der Waals surface area contributed by atoms with Gasteiger partial charge in [-0.3, -0.25) is 4.79 Å². The number of H-pyrrole nitrogens is 1. The first-order valence-corrected chi connectivity index (χ1v) is 9.09. The lowest BCUT2D eigenvalue weighted by Gasteiger charge is -2.16. The fourth-order valence-electron chi connectivity index (χ4n) is 3.08. The summed E-state index contributed by atoms with van der Waals surface area (Å²) in [5, 5.41) is 6.09. The van der Waals surface area contributed by atoms with Gasteiger partial charge in [-0.25, -0.2) is 4.98 Å².